The Labute approximate surface area is 124 Å². The van der Waals surface area contributed by atoms with E-state index in [0.717, 1.165) is 13.1 Å². The summed E-state index contributed by atoms with van der Waals surface area (Å²) in [6, 6.07) is 9.79. The molecule has 1 N–H and O–H groups in total. The molecule has 20 heavy (non-hydrogen) atoms. The molecule has 0 aliphatic carbocycles. The Kier molecular flexibility index (Phi) is 3.04. The molecule has 0 radical (unpaired) electrons. The van der Waals surface area contributed by atoms with Gasteiger partial charge in [-0.25, -0.2) is 0 Å². The minimum absolute atomic E-state index is 0.552. The molecule has 0 saturated carbocycles. The van der Waals surface area contributed by atoms with Gasteiger partial charge in [0, 0.05) is 36.2 Å². The van der Waals surface area contributed by atoms with Crippen molar-refractivity contribution < 1.29 is 0 Å². The largest absolute Gasteiger partial charge is 0.384 e. The molecule has 2 aromatic rings. The highest BCUT2D eigenvalue weighted by atomic mass is 32.1. The highest BCUT2D eigenvalue weighted by Crippen LogP contribution is 2.34. The molecule has 3 heteroatoms. The van der Waals surface area contributed by atoms with Crippen LogP contribution >= 0.6 is 11.3 Å². The van der Waals surface area contributed by atoms with Crippen molar-refractivity contribution in [1.29, 1.82) is 0 Å². The van der Waals surface area contributed by atoms with E-state index < -0.39 is 0 Å². The third-order valence-corrected chi connectivity index (χ3v) is 5.67. The summed E-state index contributed by atoms with van der Waals surface area (Å²) in [6.45, 7) is 5.70. The van der Waals surface area contributed by atoms with Crippen LogP contribution in [0.15, 0.2) is 29.6 Å². The molecule has 0 bridgehead atoms. The quantitative estimate of drug-likeness (QED) is 0.901. The fourth-order valence-corrected chi connectivity index (χ4v) is 4.43. The van der Waals surface area contributed by atoms with E-state index in [1.807, 2.05) is 11.3 Å². The minimum Gasteiger partial charge on any atom is -0.384 e. The Morgan fingerprint density at radius 3 is 3.20 bits per heavy atom. The van der Waals surface area contributed by atoms with Crippen molar-refractivity contribution in [2.75, 3.05) is 18.4 Å². The van der Waals surface area contributed by atoms with E-state index in [1.165, 1.54) is 36.2 Å². The first-order valence-corrected chi connectivity index (χ1v) is 8.35. The average molecular weight is 284 g/mol. The number of nitrogens with one attached hydrogen (secondary N) is 1. The van der Waals surface area contributed by atoms with E-state index >= 15 is 0 Å². The number of anilines is 1. The highest BCUT2D eigenvalue weighted by molar-refractivity contribution is 7.10. The average Bonchev–Trinajstić information content (AvgIpc) is 3.10. The lowest BCUT2D eigenvalue weighted by Crippen LogP contribution is -2.32. The summed E-state index contributed by atoms with van der Waals surface area (Å²) < 4.78 is 0. The maximum atomic E-state index is 3.44. The van der Waals surface area contributed by atoms with Crippen LogP contribution in [0.1, 0.15) is 34.5 Å². The summed E-state index contributed by atoms with van der Waals surface area (Å²) in [6.07, 6.45) is 2.39. The number of nitrogens with zero attached hydrogens (tertiary/aromatic N) is 1. The predicted molar refractivity (Wildman–Crippen MR) is 85.5 cm³/mol. The Morgan fingerprint density at radius 2 is 2.25 bits per heavy atom. The molecule has 104 valence electrons. The first-order valence-electron chi connectivity index (χ1n) is 7.47. The van der Waals surface area contributed by atoms with Gasteiger partial charge in [0.15, 0.2) is 0 Å². The summed E-state index contributed by atoms with van der Waals surface area (Å²) >= 11 is 1.92. The Morgan fingerprint density at radius 1 is 1.30 bits per heavy atom. The van der Waals surface area contributed by atoms with E-state index in [2.05, 4.69) is 46.8 Å². The van der Waals surface area contributed by atoms with Crippen LogP contribution in [0.5, 0.6) is 0 Å². The molecule has 2 nitrogen and oxygen atoms in total. The summed E-state index contributed by atoms with van der Waals surface area (Å²) in [5.74, 6) is 0. The van der Waals surface area contributed by atoms with Gasteiger partial charge in [0.25, 0.3) is 0 Å². The highest BCUT2D eigenvalue weighted by Gasteiger charge is 2.24. The smallest absolute Gasteiger partial charge is 0.0373 e. The van der Waals surface area contributed by atoms with Gasteiger partial charge in [-0.1, -0.05) is 12.1 Å². The molecule has 1 atom stereocenters. The van der Waals surface area contributed by atoms with Crippen LogP contribution < -0.4 is 5.32 Å². The maximum absolute atomic E-state index is 3.44. The van der Waals surface area contributed by atoms with Crippen molar-refractivity contribution in [2.45, 2.75) is 32.4 Å². The number of rotatable bonds is 2. The lowest BCUT2D eigenvalue weighted by Gasteiger charge is -2.33. The Hall–Kier alpha value is -1.32. The second kappa shape index (κ2) is 4.90. The van der Waals surface area contributed by atoms with Crippen molar-refractivity contribution in [1.82, 2.24) is 4.90 Å². The van der Waals surface area contributed by atoms with Gasteiger partial charge >= 0.3 is 0 Å². The lowest BCUT2D eigenvalue weighted by atomic mass is 10.00. The summed E-state index contributed by atoms with van der Waals surface area (Å²) in [4.78, 5) is 4.20. The fourth-order valence-electron chi connectivity index (χ4n) is 3.47. The third-order valence-electron chi connectivity index (χ3n) is 4.67. The monoisotopic (exact) mass is 284 g/mol. The van der Waals surface area contributed by atoms with Crippen molar-refractivity contribution in [2.24, 2.45) is 0 Å². The van der Waals surface area contributed by atoms with Gasteiger partial charge in [0.05, 0.1) is 0 Å². The second-order valence-corrected chi connectivity index (χ2v) is 6.86. The molecule has 2 aliphatic rings. The fraction of sp³-hybridized carbons (Fsp3) is 0.412. The molecular weight excluding hydrogens is 264 g/mol. The molecule has 0 spiro atoms. The molecule has 2 aliphatic heterocycles. The van der Waals surface area contributed by atoms with Gasteiger partial charge in [-0.2, -0.15) is 0 Å². The van der Waals surface area contributed by atoms with Crippen molar-refractivity contribution in [3.63, 3.8) is 0 Å². The van der Waals surface area contributed by atoms with E-state index in [4.69, 9.17) is 0 Å². The molecule has 0 saturated heterocycles. The predicted octanol–water partition coefficient (Wildman–Crippen LogP) is 3.84. The van der Waals surface area contributed by atoms with Crippen LogP contribution in [-0.4, -0.2) is 18.0 Å². The molecular formula is C17H20N2S. The van der Waals surface area contributed by atoms with E-state index in [1.54, 1.807) is 10.4 Å². The second-order valence-electron chi connectivity index (χ2n) is 5.86. The standard InChI is InChI=1S/C17H20N2S/c1-12-15-6-9-20-17(15)5-8-19(12)11-13-2-3-16-14(10-13)4-7-18-16/h2-3,6,9-10,12,18H,4-5,7-8,11H2,1H3. The van der Waals surface area contributed by atoms with Crippen LogP contribution in [0.3, 0.4) is 0 Å². The van der Waals surface area contributed by atoms with Gasteiger partial charge in [0.1, 0.15) is 0 Å². The zero-order valence-corrected chi connectivity index (χ0v) is 12.7. The molecule has 0 amide bonds. The van der Waals surface area contributed by atoms with Crippen LogP contribution in [-0.2, 0) is 19.4 Å². The molecule has 1 aromatic heterocycles. The number of hydrogen-bond acceptors (Lipinski definition) is 3. The first-order chi connectivity index (χ1) is 9.81. The van der Waals surface area contributed by atoms with Crippen LogP contribution in [0.4, 0.5) is 5.69 Å². The summed E-state index contributed by atoms with van der Waals surface area (Å²) in [5, 5.41) is 5.68. The van der Waals surface area contributed by atoms with Crippen LogP contribution in [0.25, 0.3) is 0 Å². The molecule has 4 rings (SSSR count). The van der Waals surface area contributed by atoms with Gasteiger partial charge < -0.3 is 5.32 Å². The SMILES string of the molecule is CC1c2ccsc2CCN1Cc1ccc2c(c1)CCN2. The molecule has 3 heterocycles. The molecule has 0 fully saturated rings. The lowest BCUT2D eigenvalue weighted by molar-refractivity contribution is 0.191. The first kappa shape index (κ1) is 12.4. The zero-order valence-electron chi connectivity index (χ0n) is 11.9. The van der Waals surface area contributed by atoms with Crippen LogP contribution in [0.2, 0.25) is 0 Å². The van der Waals surface area contributed by atoms with E-state index in [0.29, 0.717) is 6.04 Å². The van der Waals surface area contributed by atoms with Crippen LogP contribution in [0, 0.1) is 0 Å². The summed E-state index contributed by atoms with van der Waals surface area (Å²) in [5.41, 5.74) is 5.83. The minimum atomic E-state index is 0.552. The summed E-state index contributed by atoms with van der Waals surface area (Å²) in [7, 11) is 0. The van der Waals surface area contributed by atoms with Gasteiger partial charge in [-0.3, -0.25) is 4.90 Å². The zero-order chi connectivity index (χ0) is 13.5. The number of hydrogen-bond donors (Lipinski definition) is 1. The van der Waals surface area contributed by atoms with Gasteiger partial charge in [0.2, 0.25) is 0 Å². The number of fused-ring (bicyclic) bond motifs is 2. The van der Waals surface area contributed by atoms with Crippen molar-refractivity contribution >= 4 is 17.0 Å². The topological polar surface area (TPSA) is 15.3 Å². The number of thiophene rings is 1. The molecule has 1 unspecified atom stereocenters. The number of benzene rings is 1. The van der Waals surface area contributed by atoms with Gasteiger partial charge in [-0.15, -0.1) is 11.3 Å². The van der Waals surface area contributed by atoms with Gasteiger partial charge in [-0.05, 0) is 54.0 Å². The van der Waals surface area contributed by atoms with E-state index in [-0.39, 0.29) is 0 Å². The normalized spacial score (nSPS) is 21.4. The van der Waals surface area contributed by atoms with Crippen molar-refractivity contribution in [3.05, 3.63) is 51.2 Å². The van der Waals surface area contributed by atoms with Crippen molar-refractivity contribution in [3.8, 4) is 0 Å². The Bertz CT molecular complexity index is 632. The third kappa shape index (κ3) is 2.05. The molecule has 1 aromatic carbocycles. The van der Waals surface area contributed by atoms with E-state index in [9.17, 15) is 0 Å². The Balaban J connectivity index is 1.55. The maximum Gasteiger partial charge on any atom is 0.0373 e.